The summed E-state index contributed by atoms with van der Waals surface area (Å²) in [6, 6.07) is 1.98. The highest BCUT2D eigenvalue weighted by Crippen LogP contribution is 2.38. The first-order valence-corrected chi connectivity index (χ1v) is 7.32. The van der Waals surface area contributed by atoms with E-state index in [0.29, 0.717) is 6.42 Å². The van der Waals surface area contributed by atoms with E-state index in [9.17, 15) is 9.90 Å². The summed E-state index contributed by atoms with van der Waals surface area (Å²) in [6.45, 7) is 6.08. The third-order valence-corrected chi connectivity index (χ3v) is 3.50. The van der Waals surface area contributed by atoms with Gasteiger partial charge >= 0.3 is 6.16 Å². The molecule has 0 aromatic heterocycles. The molecule has 0 radical (unpaired) electrons. The van der Waals surface area contributed by atoms with E-state index in [4.69, 9.17) is 9.84 Å². The van der Waals surface area contributed by atoms with Crippen LogP contribution in [0.1, 0.15) is 56.7 Å². The van der Waals surface area contributed by atoms with Crippen molar-refractivity contribution in [1.82, 2.24) is 0 Å². The van der Waals surface area contributed by atoms with Crippen LogP contribution in [0.25, 0.3) is 0 Å². The Labute approximate surface area is 120 Å². The zero-order chi connectivity index (χ0) is 15.1. The molecule has 0 fully saturated rings. The molecule has 0 saturated heterocycles. The molecule has 0 aliphatic heterocycles. The highest BCUT2D eigenvalue weighted by atomic mass is 16.7. The highest BCUT2D eigenvalue weighted by Gasteiger charge is 2.19. The number of ether oxygens (including phenoxy) is 1. The van der Waals surface area contributed by atoms with Crippen LogP contribution in [0, 0.1) is 0 Å². The maximum atomic E-state index is 10.8. The molecule has 0 spiro atoms. The Kier molecular flexibility index (Phi) is 6.36. The fourth-order valence-corrected chi connectivity index (χ4v) is 2.47. The topological polar surface area (TPSA) is 66.8 Å². The molecule has 4 heteroatoms. The van der Waals surface area contributed by atoms with Crippen LogP contribution in [-0.2, 0) is 19.3 Å². The normalized spacial score (nSPS) is 10.6. The average molecular weight is 280 g/mol. The number of carboxylic acid groups (broad SMARTS) is 1. The maximum Gasteiger partial charge on any atom is 0.511 e. The number of phenolic OH excluding ortho intramolecular Hbond substituents is 1. The van der Waals surface area contributed by atoms with E-state index < -0.39 is 6.16 Å². The number of unbranched alkanes of at least 4 members (excludes halogenated alkanes) is 2. The smallest absolute Gasteiger partial charge is 0.504 e. The monoisotopic (exact) mass is 280 g/mol. The lowest BCUT2D eigenvalue weighted by atomic mass is 9.95. The van der Waals surface area contributed by atoms with Crippen LogP contribution < -0.4 is 4.74 Å². The van der Waals surface area contributed by atoms with Crippen LogP contribution in [0.5, 0.6) is 11.5 Å². The number of benzene rings is 1. The molecule has 0 aliphatic rings. The number of phenols is 1. The minimum Gasteiger partial charge on any atom is -0.504 e. The van der Waals surface area contributed by atoms with E-state index >= 15 is 0 Å². The van der Waals surface area contributed by atoms with Crippen molar-refractivity contribution in [3.8, 4) is 11.5 Å². The summed E-state index contributed by atoms with van der Waals surface area (Å²) >= 11 is 0. The molecule has 0 atom stereocenters. The van der Waals surface area contributed by atoms with Gasteiger partial charge in [-0.05, 0) is 36.8 Å². The third-order valence-electron chi connectivity index (χ3n) is 3.50. The van der Waals surface area contributed by atoms with E-state index in [2.05, 4.69) is 6.92 Å². The van der Waals surface area contributed by atoms with Gasteiger partial charge in [-0.3, -0.25) is 0 Å². The van der Waals surface area contributed by atoms with Crippen LogP contribution in [0.4, 0.5) is 4.79 Å². The Morgan fingerprint density at radius 2 is 1.85 bits per heavy atom. The second-order valence-corrected chi connectivity index (χ2v) is 4.88. The second kappa shape index (κ2) is 7.78. The summed E-state index contributed by atoms with van der Waals surface area (Å²) in [5.41, 5.74) is 2.63. The summed E-state index contributed by atoms with van der Waals surface area (Å²) in [7, 11) is 0. The fraction of sp³-hybridized carbons (Fsp3) is 0.562. The van der Waals surface area contributed by atoms with E-state index in [0.717, 1.165) is 48.8 Å². The van der Waals surface area contributed by atoms with Gasteiger partial charge in [0.1, 0.15) is 0 Å². The van der Waals surface area contributed by atoms with Crippen molar-refractivity contribution in [3.63, 3.8) is 0 Å². The molecular formula is C16H24O4. The number of rotatable bonds is 7. The van der Waals surface area contributed by atoms with E-state index in [1.165, 1.54) is 0 Å². The molecule has 0 saturated carbocycles. The quantitative estimate of drug-likeness (QED) is 0.444. The van der Waals surface area contributed by atoms with Gasteiger partial charge in [-0.25, -0.2) is 4.79 Å². The number of hydrogen-bond donors (Lipinski definition) is 2. The third kappa shape index (κ3) is 3.89. The number of hydrogen-bond acceptors (Lipinski definition) is 3. The Morgan fingerprint density at radius 1 is 1.15 bits per heavy atom. The molecule has 2 N–H and O–H groups in total. The Hall–Kier alpha value is -1.71. The Balaban J connectivity index is 3.22. The van der Waals surface area contributed by atoms with Crippen LogP contribution in [0.15, 0.2) is 6.07 Å². The van der Waals surface area contributed by atoms with Crippen LogP contribution in [-0.4, -0.2) is 16.4 Å². The average Bonchev–Trinajstić information content (AvgIpc) is 2.41. The first-order valence-electron chi connectivity index (χ1n) is 7.32. The first-order chi connectivity index (χ1) is 9.54. The lowest BCUT2D eigenvalue weighted by molar-refractivity contribution is 0.142. The minimum absolute atomic E-state index is 0.0132. The van der Waals surface area contributed by atoms with Crippen molar-refractivity contribution in [3.05, 3.63) is 22.8 Å². The largest absolute Gasteiger partial charge is 0.511 e. The molecule has 4 nitrogen and oxygen atoms in total. The van der Waals surface area contributed by atoms with Gasteiger partial charge in [0.15, 0.2) is 11.5 Å². The van der Waals surface area contributed by atoms with Gasteiger partial charge in [-0.15, -0.1) is 0 Å². The minimum atomic E-state index is -1.39. The molecule has 1 aromatic carbocycles. The van der Waals surface area contributed by atoms with Crippen molar-refractivity contribution in [2.75, 3.05) is 0 Å². The molecule has 0 amide bonds. The first kappa shape index (κ1) is 16.3. The Morgan fingerprint density at radius 3 is 2.35 bits per heavy atom. The molecule has 0 unspecified atom stereocenters. The van der Waals surface area contributed by atoms with E-state index in [-0.39, 0.29) is 11.5 Å². The Bertz CT molecular complexity index is 466. The van der Waals surface area contributed by atoms with Gasteiger partial charge in [0, 0.05) is 5.56 Å². The molecule has 1 aromatic rings. The standard InChI is InChI=1S/C16H24O4/c1-4-7-8-9-12-10-11(5-2)13(6-3)14(17)15(12)20-16(18)19/h10,17H,4-9H2,1-3H3,(H,18,19). The van der Waals surface area contributed by atoms with Crippen LogP contribution >= 0.6 is 0 Å². The molecule has 0 bridgehead atoms. The van der Waals surface area contributed by atoms with Gasteiger partial charge in [0.05, 0.1) is 0 Å². The van der Waals surface area contributed by atoms with Crippen molar-refractivity contribution in [2.24, 2.45) is 0 Å². The summed E-state index contributed by atoms with van der Waals surface area (Å²) < 4.78 is 4.82. The summed E-state index contributed by atoms with van der Waals surface area (Å²) in [4.78, 5) is 10.8. The molecular weight excluding hydrogens is 256 g/mol. The summed E-state index contributed by atoms with van der Waals surface area (Å²) in [5, 5.41) is 19.1. The SMILES string of the molecule is CCCCCc1cc(CC)c(CC)c(O)c1OC(=O)O. The molecule has 1 rings (SSSR count). The van der Waals surface area contributed by atoms with Gasteiger partial charge < -0.3 is 14.9 Å². The van der Waals surface area contributed by atoms with E-state index in [1.54, 1.807) is 0 Å². The van der Waals surface area contributed by atoms with Crippen molar-refractivity contribution < 1.29 is 19.7 Å². The van der Waals surface area contributed by atoms with Crippen molar-refractivity contribution in [1.29, 1.82) is 0 Å². The van der Waals surface area contributed by atoms with Gasteiger partial charge in [-0.2, -0.15) is 0 Å². The van der Waals surface area contributed by atoms with Crippen LogP contribution in [0.3, 0.4) is 0 Å². The molecule has 20 heavy (non-hydrogen) atoms. The lowest BCUT2D eigenvalue weighted by Crippen LogP contribution is -2.08. The summed E-state index contributed by atoms with van der Waals surface area (Å²) in [6.07, 6.45) is 3.93. The number of carbonyl (C=O) groups is 1. The number of aryl methyl sites for hydroxylation is 2. The molecule has 0 heterocycles. The van der Waals surface area contributed by atoms with Crippen molar-refractivity contribution >= 4 is 6.16 Å². The number of aromatic hydroxyl groups is 1. The zero-order valence-electron chi connectivity index (χ0n) is 12.5. The lowest BCUT2D eigenvalue weighted by Gasteiger charge is -2.16. The van der Waals surface area contributed by atoms with E-state index in [1.807, 2.05) is 19.9 Å². The molecule has 112 valence electrons. The summed E-state index contributed by atoms with van der Waals surface area (Å²) in [5.74, 6) is 0.100. The highest BCUT2D eigenvalue weighted by molar-refractivity contribution is 5.66. The molecule has 0 aliphatic carbocycles. The maximum absolute atomic E-state index is 10.8. The second-order valence-electron chi connectivity index (χ2n) is 4.88. The predicted molar refractivity (Wildman–Crippen MR) is 78.7 cm³/mol. The van der Waals surface area contributed by atoms with Crippen LogP contribution in [0.2, 0.25) is 0 Å². The predicted octanol–water partition coefficient (Wildman–Crippen LogP) is 4.31. The van der Waals surface area contributed by atoms with Gasteiger partial charge in [0.2, 0.25) is 0 Å². The zero-order valence-corrected chi connectivity index (χ0v) is 12.5. The fourth-order valence-electron chi connectivity index (χ4n) is 2.47. The van der Waals surface area contributed by atoms with Crippen molar-refractivity contribution in [2.45, 2.75) is 59.3 Å². The van der Waals surface area contributed by atoms with Gasteiger partial charge in [0.25, 0.3) is 0 Å². The van der Waals surface area contributed by atoms with Gasteiger partial charge in [-0.1, -0.05) is 39.7 Å².